The van der Waals surface area contributed by atoms with E-state index >= 15 is 0 Å². The van der Waals surface area contributed by atoms with Crippen LogP contribution in [-0.2, 0) is 21.2 Å². The zero-order valence-electron chi connectivity index (χ0n) is 14.9. The molecule has 0 spiro atoms. The summed E-state index contributed by atoms with van der Waals surface area (Å²) in [5.74, 6) is -0.365. The van der Waals surface area contributed by atoms with E-state index in [1.54, 1.807) is 11.0 Å². The quantitative estimate of drug-likeness (QED) is 0.776. The first-order chi connectivity index (χ1) is 13.1. The van der Waals surface area contributed by atoms with Crippen molar-refractivity contribution in [2.75, 3.05) is 9.62 Å². The number of sulfonamides is 1. The normalized spacial score (nSPS) is 16.2. The number of nitrogens with zero attached hydrogens (tertiary/aromatic N) is 1. The van der Waals surface area contributed by atoms with Crippen LogP contribution in [0.3, 0.4) is 0 Å². The van der Waals surface area contributed by atoms with Gasteiger partial charge in [0.25, 0.3) is 10.0 Å². The molecule has 1 aliphatic rings. The van der Waals surface area contributed by atoms with Gasteiger partial charge in [0.15, 0.2) is 0 Å². The number of carbonyl (C=O) groups is 1. The molecule has 0 bridgehead atoms. The third kappa shape index (κ3) is 4.05. The molecular formula is C18H17ClF2N2O4S. The minimum atomic E-state index is -3.94. The first-order valence-electron chi connectivity index (χ1n) is 8.28. The molecule has 2 aromatic rings. The Labute approximate surface area is 166 Å². The van der Waals surface area contributed by atoms with Gasteiger partial charge in [0.05, 0.1) is 15.6 Å². The zero-order valence-corrected chi connectivity index (χ0v) is 16.5. The second-order valence-electron chi connectivity index (χ2n) is 6.36. The van der Waals surface area contributed by atoms with Crippen molar-refractivity contribution in [2.45, 2.75) is 37.8 Å². The lowest BCUT2D eigenvalue weighted by Gasteiger charge is -2.20. The number of anilines is 2. The topological polar surface area (TPSA) is 75.7 Å². The molecule has 2 aromatic carbocycles. The van der Waals surface area contributed by atoms with E-state index in [-0.39, 0.29) is 33.3 Å². The van der Waals surface area contributed by atoms with Gasteiger partial charge in [0.1, 0.15) is 5.75 Å². The van der Waals surface area contributed by atoms with Gasteiger partial charge in [-0.2, -0.15) is 8.78 Å². The number of hydrogen-bond acceptors (Lipinski definition) is 4. The first-order valence-corrected chi connectivity index (χ1v) is 10.1. The summed E-state index contributed by atoms with van der Waals surface area (Å²) in [4.78, 5) is 13.4. The lowest BCUT2D eigenvalue weighted by atomic mass is 10.1. The second-order valence-corrected chi connectivity index (χ2v) is 8.45. The molecule has 1 heterocycles. The number of halogens is 3. The number of rotatable bonds is 5. The number of carbonyl (C=O) groups excluding carboxylic acids is 1. The fourth-order valence-corrected chi connectivity index (χ4v) is 4.55. The molecule has 3 rings (SSSR count). The molecule has 28 heavy (non-hydrogen) atoms. The van der Waals surface area contributed by atoms with Crippen LogP contribution in [0.25, 0.3) is 0 Å². The van der Waals surface area contributed by atoms with Crippen LogP contribution in [0.1, 0.15) is 19.4 Å². The summed E-state index contributed by atoms with van der Waals surface area (Å²) < 4.78 is 56.5. The number of benzene rings is 2. The number of fused-ring (bicyclic) bond motifs is 1. The number of amides is 1. The highest BCUT2D eigenvalue weighted by Gasteiger charge is 2.30. The summed E-state index contributed by atoms with van der Waals surface area (Å²) in [5.41, 5.74) is 1.55. The van der Waals surface area contributed by atoms with Crippen molar-refractivity contribution in [1.29, 1.82) is 0 Å². The van der Waals surface area contributed by atoms with Gasteiger partial charge < -0.3 is 9.64 Å². The van der Waals surface area contributed by atoms with E-state index in [2.05, 4.69) is 9.46 Å². The minimum absolute atomic E-state index is 0.0212. The molecule has 6 nitrogen and oxygen atoms in total. The van der Waals surface area contributed by atoms with E-state index in [1.165, 1.54) is 31.2 Å². The summed E-state index contributed by atoms with van der Waals surface area (Å²) in [5, 5.41) is -0.152. The van der Waals surface area contributed by atoms with Crippen LogP contribution in [0.5, 0.6) is 5.75 Å². The smallest absolute Gasteiger partial charge is 0.387 e. The molecule has 0 aromatic heterocycles. The first kappa shape index (κ1) is 20.3. The van der Waals surface area contributed by atoms with Crippen molar-refractivity contribution in [2.24, 2.45) is 0 Å². The van der Waals surface area contributed by atoms with Crippen molar-refractivity contribution in [3.8, 4) is 5.75 Å². The zero-order chi connectivity index (χ0) is 20.6. The van der Waals surface area contributed by atoms with E-state index in [0.717, 1.165) is 11.6 Å². The molecule has 150 valence electrons. The van der Waals surface area contributed by atoms with Gasteiger partial charge in [0.2, 0.25) is 5.91 Å². The van der Waals surface area contributed by atoms with Crippen LogP contribution >= 0.6 is 11.6 Å². The largest absolute Gasteiger partial charge is 0.433 e. The Bertz CT molecular complexity index is 1030. The molecule has 10 heteroatoms. The Balaban J connectivity index is 1.86. The van der Waals surface area contributed by atoms with Crippen LogP contribution < -0.4 is 14.4 Å². The van der Waals surface area contributed by atoms with Crippen molar-refractivity contribution in [1.82, 2.24) is 0 Å². The van der Waals surface area contributed by atoms with Gasteiger partial charge in [-0.25, -0.2) is 8.42 Å². The van der Waals surface area contributed by atoms with E-state index in [1.807, 2.05) is 6.92 Å². The Morgan fingerprint density at radius 2 is 2.00 bits per heavy atom. The predicted molar refractivity (Wildman–Crippen MR) is 102 cm³/mol. The van der Waals surface area contributed by atoms with Gasteiger partial charge in [-0.1, -0.05) is 11.6 Å². The molecule has 0 saturated heterocycles. The highest BCUT2D eigenvalue weighted by Crippen LogP contribution is 2.35. The second kappa shape index (κ2) is 7.56. The van der Waals surface area contributed by atoms with Crippen LogP contribution in [0.15, 0.2) is 41.3 Å². The van der Waals surface area contributed by atoms with Crippen LogP contribution in [0.4, 0.5) is 20.2 Å². The Morgan fingerprint density at radius 3 is 2.61 bits per heavy atom. The van der Waals surface area contributed by atoms with E-state index < -0.39 is 16.6 Å². The summed E-state index contributed by atoms with van der Waals surface area (Å²) in [7, 11) is -3.94. The monoisotopic (exact) mass is 430 g/mol. The predicted octanol–water partition coefficient (Wildman–Crippen LogP) is 4.04. The Hall–Kier alpha value is -2.39. The lowest BCUT2D eigenvalue weighted by molar-refractivity contribution is -0.116. The third-order valence-corrected chi connectivity index (χ3v) is 5.99. The summed E-state index contributed by atoms with van der Waals surface area (Å²) in [6, 6.07) is 8.08. The molecule has 0 fully saturated rings. The summed E-state index contributed by atoms with van der Waals surface area (Å²) in [6.07, 6.45) is 0.545. The molecule has 1 atom stereocenters. The Kier molecular flexibility index (Phi) is 5.49. The van der Waals surface area contributed by atoms with Crippen molar-refractivity contribution in [3.05, 3.63) is 47.0 Å². The number of ether oxygens (including phenoxy) is 1. The van der Waals surface area contributed by atoms with Crippen LogP contribution in [-0.4, -0.2) is 27.0 Å². The summed E-state index contributed by atoms with van der Waals surface area (Å²) in [6.45, 7) is 0.311. The summed E-state index contributed by atoms with van der Waals surface area (Å²) >= 11 is 5.86. The highest BCUT2D eigenvalue weighted by atomic mass is 35.5. The maximum Gasteiger partial charge on any atom is 0.387 e. The van der Waals surface area contributed by atoms with E-state index in [0.29, 0.717) is 12.1 Å². The average molecular weight is 431 g/mol. The van der Waals surface area contributed by atoms with Gasteiger partial charge in [-0.3, -0.25) is 9.52 Å². The number of alkyl halides is 2. The molecule has 1 N–H and O–H groups in total. The molecule has 0 saturated carbocycles. The van der Waals surface area contributed by atoms with Crippen LogP contribution in [0, 0.1) is 0 Å². The fourth-order valence-electron chi connectivity index (χ4n) is 3.22. The Morgan fingerprint density at radius 1 is 1.29 bits per heavy atom. The van der Waals surface area contributed by atoms with Gasteiger partial charge in [0, 0.05) is 18.7 Å². The lowest BCUT2D eigenvalue weighted by Crippen LogP contribution is -2.33. The van der Waals surface area contributed by atoms with Crippen LogP contribution in [0.2, 0.25) is 5.02 Å². The van der Waals surface area contributed by atoms with Gasteiger partial charge in [-0.15, -0.1) is 0 Å². The molecule has 0 radical (unpaired) electrons. The average Bonchev–Trinajstić information content (AvgIpc) is 2.91. The van der Waals surface area contributed by atoms with Gasteiger partial charge in [-0.05, 0) is 55.3 Å². The molecule has 0 aliphatic carbocycles. The third-order valence-electron chi connectivity index (χ3n) is 4.32. The van der Waals surface area contributed by atoms with Gasteiger partial charge >= 0.3 is 6.61 Å². The molecule has 1 unspecified atom stereocenters. The highest BCUT2D eigenvalue weighted by molar-refractivity contribution is 7.92. The maximum absolute atomic E-state index is 12.7. The molecular weight excluding hydrogens is 414 g/mol. The number of hydrogen-bond donors (Lipinski definition) is 1. The maximum atomic E-state index is 12.7. The fraction of sp³-hybridized carbons (Fsp3) is 0.278. The SMILES string of the molecule is CC(=O)N1c2ccc(S(=O)(=O)Nc3ccc(OC(F)F)c(Cl)c3)cc2CC1C. The van der Waals surface area contributed by atoms with Crippen molar-refractivity contribution >= 4 is 38.9 Å². The molecule has 1 amide bonds. The standard InChI is InChI=1S/C18H17ClF2N2O4S/c1-10-7-12-8-14(4-5-16(12)23(10)11(2)24)28(25,26)22-13-3-6-17(15(19)9-13)27-18(20)21/h3-6,8-10,18,22H,7H2,1-2H3. The van der Waals surface area contributed by atoms with Crippen molar-refractivity contribution in [3.63, 3.8) is 0 Å². The number of nitrogens with one attached hydrogen (secondary N) is 1. The van der Waals surface area contributed by atoms with Crippen molar-refractivity contribution < 1.29 is 26.7 Å². The molecule has 1 aliphatic heterocycles. The minimum Gasteiger partial charge on any atom is -0.433 e. The van der Waals surface area contributed by atoms with E-state index in [4.69, 9.17) is 11.6 Å². The van der Waals surface area contributed by atoms with E-state index in [9.17, 15) is 22.0 Å².